The second-order valence-corrected chi connectivity index (χ2v) is 9.02. The van der Waals surface area contributed by atoms with Crippen LogP contribution in [-0.2, 0) is 19.6 Å². The third-order valence-electron chi connectivity index (χ3n) is 4.67. The van der Waals surface area contributed by atoms with Crippen LogP contribution in [-0.4, -0.2) is 45.8 Å². The zero-order valence-corrected chi connectivity index (χ0v) is 18.1. The van der Waals surface area contributed by atoms with Crippen LogP contribution in [0.25, 0.3) is 0 Å². The highest BCUT2D eigenvalue weighted by Gasteiger charge is 2.35. The Hall–Kier alpha value is -3.07. The number of sulfonamides is 1. The lowest BCUT2D eigenvalue weighted by molar-refractivity contribution is -0.122. The maximum Gasteiger partial charge on any atom is 0.338 e. The summed E-state index contributed by atoms with van der Waals surface area (Å²) >= 11 is 0. The number of nitrogens with one attached hydrogen (secondary N) is 1. The van der Waals surface area contributed by atoms with Gasteiger partial charge in [-0.1, -0.05) is 6.07 Å². The molecule has 1 heterocycles. The summed E-state index contributed by atoms with van der Waals surface area (Å²) in [6, 6.07) is 9.94. The summed E-state index contributed by atoms with van der Waals surface area (Å²) in [5.74, 6) is -0.599. The van der Waals surface area contributed by atoms with E-state index in [1.165, 1.54) is 4.31 Å². The van der Waals surface area contributed by atoms with Crippen LogP contribution in [0.5, 0.6) is 5.75 Å². The van der Waals surface area contributed by atoms with Gasteiger partial charge in [0.15, 0.2) is 6.10 Å². The number of aryl methyl sites for hydroxylation is 2. The zero-order valence-electron chi connectivity index (χ0n) is 17.3. The van der Waals surface area contributed by atoms with E-state index in [4.69, 9.17) is 9.47 Å². The van der Waals surface area contributed by atoms with Crippen LogP contribution in [0.15, 0.2) is 36.4 Å². The first-order chi connectivity index (χ1) is 14.1. The van der Waals surface area contributed by atoms with Gasteiger partial charge in [0.05, 0.1) is 30.7 Å². The Kier molecular flexibility index (Phi) is 6.02. The monoisotopic (exact) mass is 432 g/mol. The summed E-state index contributed by atoms with van der Waals surface area (Å²) in [6.07, 6.45) is 0.0663. The number of hydrogen-bond donors (Lipinski definition) is 1. The molecule has 30 heavy (non-hydrogen) atoms. The van der Waals surface area contributed by atoms with Crippen LogP contribution in [0.1, 0.15) is 28.4 Å². The molecule has 1 N–H and O–H groups in total. The molecule has 2 aromatic carbocycles. The number of hydrogen-bond acceptors (Lipinski definition) is 6. The van der Waals surface area contributed by atoms with E-state index in [0.29, 0.717) is 28.3 Å². The number of esters is 1. The van der Waals surface area contributed by atoms with Gasteiger partial charge in [-0.3, -0.25) is 9.10 Å². The highest BCUT2D eigenvalue weighted by Crippen LogP contribution is 2.36. The smallest absolute Gasteiger partial charge is 0.338 e. The average Bonchev–Trinajstić information content (AvgIpc) is 2.68. The van der Waals surface area contributed by atoms with Crippen molar-refractivity contribution >= 4 is 33.3 Å². The van der Waals surface area contributed by atoms with Crippen molar-refractivity contribution in [3.63, 3.8) is 0 Å². The molecule has 0 saturated carbocycles. The number of benzene rings is 2. The lowest BCUT2D eigenvalue weighted by Crippen LogP contribution is -2.48. The lowest BCUT2D eigenvalue weighted by Gasteiger charge is -2.34. The number of carbonyl (C=O) groups is 2. The van der Waals surface area contributed by atoms with Crippen LogP contribution in [0.3, 0.4) is 0 Å². The maximum atomic E-state index is 12.8. The van der Waals surface area contributed by atoms with Crippen molar-refractivity contribution in [1.29, 1.82) is 0 Å². The number of fused-ring (bicyclic) bond motifs is 1. The minimum absolute atomic E-state index is 0.138. The first-order valence-corrected chi connectivity index (χ1v) is 11.3. The molecule has 1 aliphatic heterocycles. The van der Waals surface area contributed by atoms with Crippen LogP contribution in [0.2, 0.25) is 0 Å². The summed E-state index contributed by atoms with van der Waals surface area (Å²) < 4.78 is 36.5. The number of ether oxygens (including phenoxy) is 2. The van der Waals surface area contributed by atoms with E-state index < -0.39 is 28.0 Å². The summed E-state index contributed by atoms with van der Waals surface area (Å²) in [4.78, 5) is 24.7. The molecule has 1 atom stereocenters. The van der Waals surface area contributed by atoms with Gasteiger partial charge in [-0.2, -0.15) is 0 Å². The molecular weight excluding hydrogens is 408 g/mol. The Balaban J connectivity index is 1.82. The second kappa shape index (κ2) is 8.35. The van der Waals surface area contributed by atoms with E-state index in [1.807, 2.05) is 6.92 Å². The lowest BCUT2D eigenvalue weighted by atomic mass is 10.1. The fourth-order valence-corrected chi connectivity index (χ4v) is 4.08. The Morgan fingerprint density at radius 2 is 1.93 bits per heavy atom. The van der Waals surface area contributed by atoms with Gasteiger partial charge in [-0.05, 0) is 62.2 Å². The Morgan fingerprint density at radius 3 is 2.57 bits per heavy atom. The molecule has 0 aliphatic carbocycles. The van der Waals surface area contributed by atoms with Gasteiger partial charge in [-0.25, -0.2) is 13.2 Å². The molecule has 1 amide bonds. The van der Waals surface area contributed by atoms with E-state index >= 15 is 0 Å². The van der Waals surface area contributed by atoms with Crippen molar-refractivity contribution < 1.29 is 27.5 Å². The van der Waals surface area contributed by atoms with Crippen molar-refractivity contribution in [3.05, 3.63) is 53.1 Å². The van der Waals surface area contributed by atoms with Crippen LogP contribution in [0.4, 0.5) is 11.4 Å². The predicted octanol–water partition coefficient (Wildman–Crippen LogP) is 2.65. The highest BCUT2D eigenvalue weighted by atomic mass is 32.2. The number of anilines is 2. The Bertz CT molecular complexity index is 1100. The van der Waals surface area contributed by atoms with Crippen molar-refractivity contribution in [3.8, 4) is 5.75 Å². The molecular formula is C21H24N2O6S. The number of carbonyl (C=O) groups excluding carboxylic acids is 2. The van der Waals surface area contributed by atoms with E-state index in [-0.39, 0.29) is 13.2 Å². The molecule has 0 fully saturated rings. The quantitative estimate of drug-likeness (QED) is 0.729. The van der Waals surface area contributed by atoms with E-state index in [0.717, 1.165) is 11.8 Å². The van der Waals surface area contributed by atoms with Gasteiger partial charge in [0.25, 0.3) is 5.91 Å². The molecule has 0 unspecified atom stereocenters. The topological polar surface area (TPSA) is 102 Å². The molecule has 0 bridgehead atoms. The van der Waals surface area contributed by atoms with Gasteiger partial charge in [0.2, 0.25) is 10.0 Å². The Labute approximate surface area is 175 Å². The number of rotatable bonds is 5. The van der Waals surface area contributed by atoms with E-state index in [1.54, 1.807) is 50.2 Å². The molecule has 3 rings (SSSR count). The average molecular weight is 432 g/mol. The van der Waals surface area contributed by atoms with Crippen molar-refractivity contribution in [2.45, 2.75) is 26.9 Å². The molecule has 0 saturated heterocycles. The van der Waals surface area contributed by atoms with Crippen LogP contribution >= 0.6 is 0 Å². The van der Waals surface area contributed by atoms with Crippen LogP contribution < -0.4 is 14.4 Å². The third kappa shape index (κ3) is 4.56. The molecule has 0 spiro atoms. The number of amides is 1. The third-order valence-corrected chi connectivity index (χ3v) is 5.82. The van der Waals surface area contributed by atoms with E-state index in [2.05, 4.69) is 5.32 Å². The minimum atomic E-state index is -3.60. The first kappa shape index (κ1) is 21.6. The largest absolute Gasteiger partial charge is 0.476 e. The van der Waals surface area contributed by atoms with Gasteiger partial charge in [0.1, 0.15) is 5.75 Å². The fourth-order valence-electron chi connectivity index (χ4n) is 3.17. The molecule has 9 heteroatoms. The molecule has 8 nitrogen and oxygen atoms in total. The fraction of sp³-hybridized carbons (Fsp3) is 0.333. The molecule has 0 aromatic heterocycles. The Morgan fingerprint density at radius 1 is 1.20 bits per heavy atom. The van der Waals surface area contributed by atoms with Gasteiger partial charge in [-0.15, -0.1) is 0 Å². The van der Waals surface area contributed by atoms with Crippen molar-refractivity contribution in [2.75, 3.05) is 29.0 Å². The van der Waals surface area contributed by atoms with E-state index in [9.17, 15) is 18.0 Å². The SMILES string of the molecule is CCOC(=O)c1ccc(NC(=O)[C@H]2CN(S(C)(=O)=O)c3cc(C)ccc3O2)c(C)c1. The van der Waals surface area contributed by atoms with Gasteiger partial charge < -0.3 is 14.8 Å². The van der Waals surface area contributed by atoms with Crippen molar-refractivity contribution in [1.82, 2.24) is 0 Å². The predicted molar refractivity (Wildman–Crippen MR) is 114 cm³/mol. The summed E-state index contributed by atoms with van der Waals surface area (Å²) in [7, 11) is -3.60. The standard InChI is InChI=1S/C21H24N2O6S/c1-5-28-21(25)15-7-8-16(14(3)11-15)22-20(24)19-12-23(30(4,26)27)17-10-13(2)6-9-18(17)29-19/h6-11,19H,5,12H2,1-4H3,(H,22,24)/t19-/m1/s1. The zero-order chi connectivity index (χ0) is 22.1. The molecule has 160 valence electrons. The van der Waals surface area contributed by atoms with Crippen LogP contribution in [0, 0.1) is 13.8 Å². The normalized spacial score (nSPS) is 15.7. The summed E-state index contributed by atoms with van der Waals surface area (Å²) in [5.41, 5.74) is 2.84. The maximum absolute atomic E-state index is 12.8. The first-order valence-electron chi connectivity index (χ1n) is 9.43. The second-order valence-electron chi connectivity index (χ2n) is 7.11. The molecule has 1 aliphatic rings. The summed E-state index contributed by atoms with van der Waals surface area (Å²) in [5, 5.41) is 2.75. The molecule has 2 aromatic rings. The minimum Gasteiger partial charge on any atom is -0.476 e. The highest BCUT2D eigenvalue weighted by molar-refractivity contribution is 7.92. The van der Waals surface area contributed by atoms with Gasteiger partial charge >= 0.3 is 5.97 Å². The summed E-state index contributed by atoms with van der Waals surface area (Å²) in [6.45, 7) is 5.46. The van der Waals surface area contributed by atoms with Gasteiger partial charge in [0, 0.05) is 5.69 Å². The van der Waals surface area contributed by atoms with Crippen molar-refractivity contribution in [2.24, 2.45) is 0 Å². The molecule has 0 radical (unpaired) electrons. The number of nitrogens with zero attached hydrogens (tertiary/aromatic N) is 1.